The van der Waals surface area contributed by atoms with Crippen molar-refractivity contribution in [1.29, 1.82) is 0 Å². The molecule has 0 saturated heterocycles. The van der Waals surface area contributed by atoms with Crippen molar-refractivity contribution in [2.75, 3.05) is 7.11 Å². The second-order valence-corrected chi connectivity index (χ2v) is 2.28. The third-order valence-electron chi connectivity index (χ3n) is 1.37. The van der Waals surface area contributed by atoms with Crippen LogP contribution in [-0.2, 0) is 7.05 Å². The first kappa shape index (κ1) is 7.78. The third kappa shape index (κ3) is 1.39. The van der Waals surface area contributed by atoms with Crippen LogP contribution in [0, 0.1) is 6.92 Å². The molecule has 0 aliphatic heterocycles. The normalized spacial score (nSPS) is 9.73. The van der Waals surface area contributed by atoms with E-state index in [1.54, 1.807) is 13.1 Å². The molecule has 4 heteroatoms. The molecule has 11 heavy (non-hydrogen) atoms. The van der Waals surface area contributed by atoms with Gasteiger partial charge in [0.05, 0.1) is 12.8 Å². The van der Waals surface area contributed by atoms with Gasteiger partial charge in [-0.15, -0.1) is 0 Å². The second-order valence-electron chi connectivity index (χ2n) is 2.28. The van der Waals surface area contributed by atoms with E-state index >= 15 is 0 Å². The molecule has 0 aromatic carbocycles. The van der Waals surface area contributed by atoms with Gasteiger partial charge in [-0.25, -0.2) is 4.68 Å². The van der Waals surface area contributed by atoms with Crippen molar-refractivity contribution in [3.8, 4) is 5.75 Å². The van der Waals surface area contributed by atoms with E-state index in [4.69, 9.17) is 4.74 Å². The quantitative estimate of drug-likeness (QED) is 0.576. The molecule has 0 fully saturated rings. The van der Waals surface area contributed by atoms with Crippen molar-refractivity contribution in [2.45, 2.75) is 6.92 Å². The number of aryl methyl sites for hydroxylation is 2. The predicted octanol–water partition coefficient (Wildman–Crippen LogP) is 0.0973. The van der Waals surface area contributed by atoms with Crippen molar-refractivity contribution in [2.24, 2.45) is 7.05 Å². The molecule has 0 unspecified atom stereocenters. The first-order valence-electron chi connectivity index (χ1n) is 3.24. The summed E-state index contributed by atoms with van der Waals surface area (Å²) in [7, 11) is 3.06. The summed E-state index contributed by atoms with van der Waals surface area (Å²) in [5.74, 6) is 0.333. The summed E-state index contributed by atoms with van der Waals surface area (Å²) in [6, 6.07) is 1.61. The van der Waals surface area contributed by atoms with E-state index in [0.717, 1.165) is 5.69 Å². The molecule has 4 nitrogen and oxygen atoms in total. The Morgan fingerprint density at radius 3 is 2.82 bits per heavy atom. The Kier molecular flexibility index (Phi) is 1.94. The summed E-state index contributed by atoms with van der Waals surface area (Å²) >= 11 is 0. The van der Waals surface area contributed by atoms with E-state index in [-0.39, 0.29) is 5.56 Å². The molecule has 0 bridgehead atoms. The van der Waals surface area contributed by atoms with Crippen molar-refractivity contribution in [3.05, 3.63) is 22.1 Å². The smallest absolute Gasteiger partial charge is 0.308 e. The zero-order valence-electron chi connectivity index (χ0n) is 6.79. The van der Waals surface area contributed by atoms with Crippen LogP contribution in [0.15, 0.2) is 10.9 Å². The molecule has 1 rings (SSSR count). The molecule has 0 spiro atoms. The highest BCUT2D eigenvalue weighted by atomic mass is 16.5. The Labute approximate surface area is 64.4 Å². The molecule has 0 aliphatic carbocycles. The van der Waals surface area contributed by atoms with E-state index in [1.807, 2.05) is 6.92 Å². The van der Waals surface area contributed by atoms with Crippen LogP contribution in [0.1, 0.15) is 5.69 Å². The Bertz CT molecular complexity index is 317. The minimum absolute atomic E-state index is 0.210. The fraction of sp³-hybridized carbons (Fsp3) is 0.429. The largest absolute Gasteiger partial charge is 0.491 e. The van der Waals surface area contributed by atoms with Gasteiger partial charge in [0.2, 0.25) is 0 Å². The molecule has 60 valence electrons. The van der Waals surface area contributed by atoms with Crippen LogP contribution >= 0.6 is 0 Å². The van der Waals surface area contributed by atoms with Crippen molar-refractivity contribution >= 4 is 0 Å². The third-order valence-corrected chi connectivity index (χ3v) is 1.37. The van der Waals surface area contributed by atoms with Crippen molar-refractivity contribution in [1.82, 2.24) is 9.78 Å². The molecule has 0 radical (unpaired) electrons. The number of nitrogens with zero attached hydrogens (tertiary/aromatic N) is 2. The van der Waals surface area contributed by atoms with Gasteiger partial charge in [-0.1, -0.05) is 0 Å². The van der Waals surface area contributed by atoms with Gasteiger partial charge in [0.1, 0.15) is 0 Å². The highest BCUT2D eigenvalue weighted by Gasteiger charge is 2.01. The summed E-state index contributed by atoms with van der Waals surface area (Å²) in [5.41, 5.74) is 0.557. The maximum atomic E-state index is 11.1. The molecule has 0 saturated carbocycles. The Morgan fingerprint density at radius 1 is 1.64 bits per heavy atom. The van der Waals surface area contributed by atoms with E-state index < -0.39 is 0 Å². The average Bonchev–Trinajstić information content (AvgIpc) is 1.96. The van der Waals surface area contributed by atoms with Gasteiger partial charge in [0.15, 0.2) is 5.75 Å². The van der Waals surface area contributed by atoms with Crippen LogP contribution in [0.5, 0.6) is 5.75 Å². The van der Waals surface area contributed by atoms with E-state index in [2.05, 4.69) is 5.10 Å². The summed E-state index contributed by atoms with van der Waals surface area (Å²) in [5, 5.41) is 3.91. The van der Waals surface area contributed by atoms with Gasteiger partial charge in [0, 0.05) is 13.1 Å². The van der Waals surface area contributed by atoms with Gasteiger partial charge >= 0.3 is 5.56 Å². The van der Waals surface area contributed by atoms with Gasteiger partial charge in [-0.05, 0) is 6.92 Å². The number of methoxy groups -OCH3 is 1. The number of rotatable bonds is 1. The molecule has 0 N–H and O–H groups in total. The Hall–Kier alpha value is -1.32. The zero-order chi connectivity index (χ0) is 8.43. The summed E-state index contributed by atoms with van der Waals surface area (Å²) in [6.07, 6.45) is 0. The topological polar surface area (TPSA) is 44.1 Å². The van der Waals surface area contributed by atoms with Crippen LogP contribution in [0.2, 0.25) is 0 Å². The average molecular weight is 154 g/mol. The van der Waals surface area contributed by atoms with Crippen molar-refractivity contribution in [3.63, 3.8) is 0 Å². The Morgan fingerprint density at radius 2 is 2.27 bits per heavy atom. The predicted molar refractivity (Wildman–Crippen MR) is 40.8 cm³/mol. The Balaban J connectivity index is 3.37. The fourth-order valence-electron chi connectivity index (χ4n) is 0.868. The van der Waals surface area contributed by atoms with Crippen LogP contribution in [0.25, 0.3) is 0 Å². The summed E-state index contributed by atoms with van der Waals surface area (Å²) < 4.78 is 6.09. The SMILES string of the molecule is COc1cc(C)nn(C)c1=O. The first-order chi connectivity index (χ1) is 5.15. The lowest BCUT2D eigenvalue weighted by molar-refractivity contribution is 0.400. The molecule has 1 aromatic rings. The van der Waals surface area contributed by atoms with E-state index in [0.29, 0.717) is 5.75 Å². The maximum absolute atomic E-state index is 11.1. The van der Waals surface area contributed by atoms with Crippen LogP contribution in [0.3, 0.4) is 0 Å². The lowest BCUT2D eigenvalue weighted by atomic mass is 10.4. The minimum Gasteiger partial charge on any atom is -0.491 e. The summed E-state index contributed by atoms with van der Waals surface area (Å²) in [4.78, 5) is 11.1. The van der Waals surface area contributed by atoms with Gasteiger partial charge in [0.25, 0.3) is 0 Å². The molecule has 0 aliphatic rings. The monoisotopic (exact) mass is 154 g/mol. The number of ether oxygens (including phenoxy) is 1. The number of hydrogen-bond acceptors (Lipinski definition) is 3. The number of aromatic nitrogens is 2. The van der Waals surface area contributed by atoms with Gasteiger partial charge in [-0.2, -0.15) is 5.10 Å². The fourth-order valence-corrected chi connectivity index (χ4v) is 0.868. The molecular formula is C7H10N2O2. The maximum Gasteiger partial charge on any atom is 0.308 e. The summed E-state index contributed by atoms with van der Waals surface area (Å²) in [6.45, 7) is 1.81. The van der Waals surface area contributed by atoms with Crippen LogP contribution in [0.4, 0.5) is 0 Å². The van der Waals surface area contributed by atoms with Crippen LogP contribution in [-0.4, -0.2) is 16.9 Å². The standard InChI is InChI=1S/C7H10N2O2/c1-5-4-6(11-3)7(10)9(2)8-5/h4H,1-3H3. The number of hydrogen-bond donors (Lipinski definition) is 0. The lowest BCUT2D eigenvalue weighted by Crippen LogP contribution is -2.21. The van der Waals surface area contributed by atoms with Crippen LogP contribution < -0.4 is 10.3 Å². The van der Waals surface area contributed by atoms with E-state index in [9.17, 15) is 4.79 Å². The highest BCUT2D eigenvalue weighted by Crippen LogP contribution is 2.01. The highest BCUT2D eigenvalue weighted by molar-refractivity contribution is 5.18. The minimum atomic E-state index is -0.210. The molecule has 0 atom stereocenters. The molecule has 1 heterocycles. The lowest BCUT2D eigenvalue weighted by Gasteiger charge is -2.01. The zero-order valence-corrected chi connectivity index (χ0v) is 6.79. The molecular weight excluding hydrogens is 144 g/mol. The van der Waals surface area contributed by atoms with Gasteiger partial charge < -0.3 is 4.74 Å². The van der Waals surface area contributed by atoms with E-state index in [1.165, 1.54) is 11.8 Å². The molecule has 1 aromatic heterocycles. The van der Waals surface area contributed by atoms with Gasteiger partial charge in [-0.3, -0.25) is 4.79 Å². The second kappa shape index (κ2) is 2.74. The van der Waals surface area contributed by atoms with Crippen molar-refractivity contribution < 1.29 is 4.74 Å². The first-order valence-corrected chi connectivity index (χ1v) is 3.24. The molecule has 0 amide bonds.